The van der Waals surface area contributed by atoms with Gasteiger partial charge in [-0.05, 0) is 71.8 Å². The molecule has 1 amide bonds. The number of fused-ring (bicyclic) bond motifs is 3. The van der Waals surface area contributed by atoms with E-state index in [-0.39, 0.29) is 6.42 Å². The molecule has 2 N–H and O–H groups in total. The molecule has 32 heavy (non-hydrogen) atoms. The molecule has 0 aliphatic carbocycles. The van der Waals surface area contributed by atoms with Crippen molar-refractivity contribution < 1.29 is 14.7 Å². The number of nitrogens with zero attached hydrogens (tertiary/aromatic N) is 1. The van der Waals surface area contributed by atoms with Crippen molar-refractivity contribution in [2.75, 3.05) is 15.9 Å². The van der Waals surface area contributed by atoms with Gasteiger partial charge in [0.2, 0.25) is 6.41 Å². The van der Waals surface area contributed by atoms with E-state index >= 15 is 0 Å². The lowest BCUT2D eigenvalue weighted by Crippen LogP contribution is -2.22. The molecule has 3 aromatic rings. The fourth-order valence-corrected chi connectivity index (χ4v) is 5.34. The van der Waals surface area contributed by atoms with Crippen LogP contribution in [0.25, 0.3) is 22.3 Å². The second-order valence-electron chi connectivity index (χ2n) is 8.12. The summed E-state index contributed by atoms with van der Waals surface area (Å²) in [7, 11) is 0. The Hall–Kier alpha value is -3.25. The van der Waals surface area contributed by atoms with Crippen molar-refractivity contribution in [1.29, 1.82) is 0 Å². The molecule has 0 spiro atoms. The van der Waals surface area contributed by atoms with Gasteiger partial charge in [0.05, 0.1) is 18.7 Å². The summed E-state index contributed by atoms with van der Waals surface area (Å²) in [6.45, 7) is 6.85. The van der Waals surface area contributed by atoms with Crippen molar-refractivity contribution >= 4 is 35.7 Å². The van der Waals surface area contributed by atoms with E-state index in [1.165, 1.54) is 5.56 Å². The molecule has 6 heteroatoms. The summed E-state index contributed by atoms with van der Waals surface area (Å²) in [5.41, 5.74) is 11.2. The lowest BCUT2D eigenvalue weighted by molar-refractivity contribution is -0.136. The Bertz CT molecular complexity index is 1220. The summed E-state index contributed by atoms with van der Waals surface area (Å²) < 4.78 is 2.23. The number of carbonyl (C=O) groups is 2. The molecule has 0 saturated carbocycles. The van der Waals surface area contributed by atoms with Crippen molar-refractivity contribution in [3.05, 3.63) is 70.3 Å². The maximum absolute atomic E-state index is 11.8. The molecule has 164 valence electrons. The van der Waals surface area contributed by atoms with Crippen LogP contribution in [0.4, 0.5) is 11.4 Å². The van der Waals surface area contributed by atoms with Crippen molar-refractivity contribution in [2.24, 2.45) is 0 Å². The number of carbonyl (C=O) groups excluding carboxylic acids is 1. The maximum Gasteiger partial charge on any atom is 0.307 e. The predicted octanol–water partition coefficient (Wildman–Crippen LogP) is 5.74. The third-order valence-corrected chi connectivity index (χ3v) is 6.91. The predicted molar refractivity (Wildman–Crippen MR) is 132 cm³/mol. The number of rotatable bonds is 6. The van der Waals surface area contributed by atoms with E-state index in [0.717, 1.165) is 55.9 Å². The molecular weight excluding hydrogens is 420 g/mol. The molecule has 0 fully saturated rings. The van der Waals surface area contributed by atoms with Gasteiger partial charge in [0, 0.05) is 17.5 Å². The van der Waals surface area contributed by atoms with Crippen LogP contribution in [0.1, 0.15) is 27.8 Å². The van der Waals surface area contributed by atoms with Crippen LogP contribution in [0.3, 0.4) is 0 Å². The molecule has 1 heterocycles. The van der Waals surface area contributed by atoms with Gasteiger partial charge in [0.25, 0.3) is 0 Å². The molecule has 5 nitrogen and oxygen atoms in total. The van der Waals surface area contributed by atoms with Crippen LogP contribution in [0.2, 0.25) is 0 Å². The van der Waals surface area contributed by atoms with Gasteiger partial charge in [-0.15, -0.1) is 0 Å². The van der Waals surface area contributed by atoms with Crippen molar-refractivity contribution in [3.8, 4) is 22.3 Å². The van der Waals surface area contributed by atoms with Gasteiger partial charge in [-0.25, -0.2) is 0 Å². The van der Waals surface area contributed by atoms with Crippen LogP contribution in [0, 0.1) is 20.8 Å². The molecule has 1 aliphatic heterocycles. The second kappa shape index (κ2) is 8.71. The first-order valence-electron chi connectivity index (χ1n) is 10.5. The molecule has 0 atom stereocenters. The Morgan fingerprint density at radius 3 is 2.44 bits per heavy atom. The largest absolute Gasteiger partial charge is 0.481 e. The molecular formula is C26H26N2O3S. The van der Waals surface area contributed by atoms with E-state index in [1.807, 2.05) is 32.2 Å². The Balaban J connectivity index is 2.09. The zero-order valence-corrected chi connectivity index (χ0v) is 19.5. The highest BCUT2D eigenvalue weighted by atomic mass is 32.2. The highest BCUT2D eigenvalue weighted by Gasteiger charge is 2.30. The van der Waals surface area contributed by atoms with E-state index in [0.29, 0.717) is 13.0 Å². The lowest BCUT2D eigenvalue weighted by Gasteiger charge is -2.36. The van der Waals surface area contributed by atoms with E-state index in [9.17, 15) is 14.7 Å². The van der Waals surface area contributed by atoms with Gasteiger partial charge in [0.1, 0.15) is 0 Å². The highest BCUT2D eigenvalue weighted by Crippen LogP contribution is 2.50. The Morgan fingerprint density at radius 1 is 1.09 bits per heavy atom. The lowest BCUT2D eigenvalue weighted by atomic mass is 9.81. The maximum atomic E-state index is 11.8. The molecule has 0 radical (unpaired) electrons. The van der Waals surface area contributed by atoms with Crippen LogP contribution in [0.15, 0.2) is 42.5 Å². The number of hydrogen-bond donors (Lipinski definition) is 2. The number of amides is 1. The number of benzene rings is 3. The van der Waals surface area contributed by atoms with Crippen LogP contribution in [-0.4, -0.2) is 23.7 Å². The molecule has 0 bridgehead atoms. The number of carboxylic acids is 1. The quantitative estimate of drug-likeness (QED) is 0.373. The molecule has 0 aromatic heterocycles. The monoisotopic (exact) mass is 446 g/mol. The summed E-state index contributed by atoms with van der Waals surface area (Å²) in [4.78, 5) is 22.9. The molecule has 4 rings (SSSR count). The van der Waals surface area contributed by atoms with E-state index in [4.69, 9.17) is 0 Å². The third-order valence-electron chi connectivity index (χ3n) is 6.15. The van der Waals surface area contributed by atoms with Gasteiger partial charge >= 0.3 is 5.97 Å². The van der Waals surface area contributed by atoms with Crippen molar-refractivity contribution in [3.63, 3.8) is 0 Å². The minimum atomic E-state index is -0.842. The second-order valence-corrected chi connectivity index (χ2v) is 8.92. The van der Waals surface area contributed by atoms with E-state index < -0.39 is 5.97 Å². The molecule has 0 saturated heterocycles. The van der Waals surface area contributed by atoms with Gasteiger partial charge in [0.15, 0.2) is 0 Å². The van der Waals surface area contributed by atoms with Crippen molar-refractivity contribution in [1.82, 2.24) is 0 Å². The first-order valence-corrected chi connectivity index (χ1v) is 11.6. The Labute approximate surface area is 192 Å². The summed E-state index contributed by atoms with van der Waals surface area (Å²) in [5, 5.41) is 12.5. The minimum Gasteiger partial charge on any atom is -0.481 e. The van der Waals surface area contributed by atoms with Crippen LogP contribution in [0.5, 0.6) is 0 Å². The number of hydrogen-bond acceptors (Lipinski definition) is 4. The SMILES string of the molecule is CSN1Cc2ccc(NC=O)cc2-c2c(C)c(-c3ccc(C)cc3)c(CC(=O)O)c(C)c21. The fourth-order valence-electron chi connectivity index (χ4n) is 4.67. The fraction of sp³-hybridized carbons (Fsp3) is 0.231. The number of aliphatic carboxylic acids is 1. The zero-order valence-electron chi connectivity index (χ0n) is 18.7. The van der Waals surface area contributed by atoms with E-state index in [2.05, 4.69) is 46.9 Å². The van der Waals surface area contributed by atoms with Crippen molar-refractivity contribution in [2.45, 2.75) is 33.7 Å². The topological polar surface area (TPSA) is 69.6 Å². The average Bonchev–Trinajstić information content (AvgIpc) is 2.77. The molecule has 3 aromatic carbocycles. The third kappa shape index (κ3) is 3.75. The van der Waals surface area contributed by atoms with Crippen LogP contribution < -0.4 is 9.62 Å². The summed E-state index contributed by atoms with van der Waals surface area (Å²) in [5.74, 6) is -0.842. The van der Waals surface area contributed by atoms with Gasteiger partial charge in [-0.3, -0.25) is 9.59 Å². The zero-order chi connectivity index (χ0) is 23.0. The number of aryl methyl sites for hydroxylation is 1. The Morgan fingerprint density at radius 2 is 1.81 bits per heavy atom. The Kier molecular flexibility index (Phi) is 5.98. The number of nitrogens with one attached hydrogen (secondary N) is 1. The first-order chi connectivity index (χ1) is 15.3. The summed E-state index contributed by atoms with van der Waals surface area (Å²) in [6.07, 6.45) is 2.69. The van der Waals surface area contributed by atoms with Gasteiger partial charge in [-0.2, -0.15) is 0 Å². The van der Waals surface area contributed by atoms with E-state index in [1.54, 1.807) is 11.9 Å². The average molecular weight is 447 g/mol. The van der Waals surface area contributed by atoms with Crippen LogP contribution >= 0.6 is 11.9 Å². The highest BCUT2D eigenvalue weighted by molar-refractivity contribution is 7.99. The molecule has 1 aliphatic rings. The number of anilines is 2. The normalized spacial score (nSPS) is 12.2. The number of carboxylic acid groups (broad SMARTS) is 1. The first kappa shape index (κ1) is 22.0. The van der Waals surface area contributed by atoms with Crippen LogP contribution in [-0.2, 0) is 22.6 Å². The van der Waals surface area contributed by atoms with Gasteiger partial charge in [-0.1, -0.05) is 47.8 Å². The summed E-state index contributed by atoms with van der Waals surface area (Å²) in [6, 6.07) is 14.2. The standard InChI is InChI=1S/C26H26N2O3S/c1-15-5-7-18(8-6-15)24-17(3)25-22-11-20(27-14-29)10-9-19(22)13-28(32-4)26(25)16(2)21(24)12-23(30)31/h5-11,14H,12-13H2,1-4H3,(H,27,29)(H,30,31). The molecule has 0 unspecified atom stereocenters. The minimum absolute atomic E-state index is 0.0367. The smallest absolute Gasteiger partial charge is 0.307 e. The summed E-state index contributed by atoms with van der Waals surface area (Å²) >= 11 is 1.63. The van der Waals surface area contributed by atoms with Gasteiger partial charge < -0.3 is 14.7 Å².